The second-order valence-electron chi connectivity index (χ2n) is 11.1. The molecule has 2 aliphatic rings. The molecule has 13 heteroatoms. The number of aromatic nitrogens is 2. The van der Waals surface area contributed by atoms with E-state index in [4.69, 9.17) is 4.74 Å². The number of nitrogens with zero attached hydrogens (tertiary/aromatic N) is 2. The molecule has 3 atom stereocenters. The van der Waals surface area contributed by atoms with E-state index in [-0.39, 0.29) is 34.4 Å². The maximum absolute atomic E-state index is 14.1. The number of rotatable bonds is 5. The summed E-state index contributed by atoms with van der Waals surface area (Å²) in [4.78, 5) is 28.3. The molecule has 0 bridgehead atoms. The van der Waals surface area contributed by atoms with Gasteiger partial charge in [0.15, 0.2) is 11.7 Å². The lowest BCUT2D eigenvalue weighted by Crippen LogP contribution is -2.35. The predicted octanol–water partition coefficient (Wildman–Crippen LogP) is 8.01. The molecule has 0 saturated carbocycles. The summed E-state index contributed by atoms with van der Waals surface area (Å²) in [6.45, 7) is 8.46. The predicted molar refractivity (Wildman–Crippen MR) is 154 cm³/mol. The molecule has 0 spiro atoms. The number of hydrogen-bond donors (Lipinski definition) is 2. The fraction of sp³-hybridized carbons (Fsp3) is 0.519. The number of hydrogen-bond acceptors (Lipinski definition) is 7. The molecule has 3 aromatic rings. The van der Waals surface area contributed by atoms with Crippen molar-refractivity contribution < 1.29 is 27.5 Å². The number of esters is 1. The van der Waals surface area contributed by atoms with Crippen LogP contribution in [0.15, 0.2) is 22.0 Å². The van der Waals surface area contributed by atoms with Crippen molar-refractivity contribution in [2.24, 2.45) is 11.3 Å². The van der Waals surface area contributed by atoms with E-state index in [1.165, 1.54) is 22.7 Å². The van der Waals surface area contributed by atoms with Crippen molar-refractivity contribution in [2.45, 2.75) is 71.6 Å². The average molecular weight is 660 g/mol. The topological polar surface area (TPSA) is 85.2 Å². The number of amides is 1. The number of alkyl halides is 3. The van der Waals surface area contributed by atoms with Gasteiger partial charge >= 0.3 is 12.1 Å². The SMILES string of the molecule is CCOC(=O)c1c(NC(=O)c2nn3c(c2Br)NC(c2cccs2)CC3C(F)(F)F)sc2c1CCC(C(C)(C)C)C2. The van der Waals surface area contributed by atoms with E-state index in [0.717, 1.165) is 32.8 Å². The minimum atomic E-state index is -4.57. The van der Waals surface area contributed by atoms with Crippen molar-refractivity contribution in [1.82, 2.24) is 9.78 Å². The highest BCUT2D eigenvalue weighted by Crippen LogP contribution is 2.48. The quantitative estimate of drug-likeness (QED) is 0.271. The summed E-state index contributed by atoms with van der Waals surface area (Å²) in [7, 11) is 0. The van der Waals surface area contributed by atoms with Crippen LogP contribution in [-0.4, -0.2) is 34.4 Å². The fourth-order valence-electron chi connectivity index (χ4n) is 5.41. The molecule has 3 unspecified atom stereocenters. The van der Waals surface area contributed by atoms with Crippen LogP contribution in [0.4, 0.5) is 24.0 Å². The molecule has 1 aliphatic carbocycles. The number of halogens is 4. The molecule has 1 aliphatic heterocycles. The van der Waals surface area contributed by atoms with E-state index in [1.54, 1.807) is 19.1 Å². The standard InChI is InChI=1S/C27H30BrF3N4O3S2/c1-5-38-25(37)19-14-9-8-13(26(2,3)4)11-17(14)40-24(19)33-23(36)21-20(28)22-32-15(16-7-6-10-39-16)12-18(27(29,30)31)35(22)34-21/h6-7,10,13,15,18,32H,5,8-9,11-12H2,1-4H3,(H,33,36). The maximum Gasteiger partial charge on any atom is 0.410 e. The third kappa shape index (κ3) is 5.44. The third-order valence-corrected chi connectivity index (χ3v) is 10.5. The minimum Gasteiger partial charge on any atom is -0.462 e. The van der Waals surface area contributed by atoms with Crippen molar-refractivity contribution in [2.75, 3.05) is 17.2 Å². The van der Waals surface area contributed by atoms with E-state index >= 15 is 0 Å². The van der Waals surface area contributed by atoms with Gasteiger partial charge in [-0.05, 0) is 70.5 Å². The lowest BCUT2D eigenvalue weighted by Gasteiger charge is -2.33. The van der Waals surface area contributed by atoms with E-state index in [2.05, 4.69) is 52.4 Å². The number of nitrogens with one attached hydrogen (secondary N) is 2. The Labute approximate surface area is 246 Å². The summed E-state index contributed by atoms with van der Waals surface area (Å²) in [6, 6.07) is 1.07. The van der Waals surface area contributed by atoms with Gasteiger partial charge in [-0.25, -0.2) is 9.48 Å². The van der Waals surface area contributed by atoms with Crippen LogP contribution in [0.25, 0.3) is 0 Å². The fourth-order valence-corrected chi connectivity index (χ4v) is 8.06. The van der Waals surface area contributed by atoms with Crippen molar-refractivity contribution in [3.63, 3.8) is 0 Å². The Bertz CT molecular complexity index is 1430. The van der Waals surface area contributed by atoms with Gasteiger partial charge in [-0.1, -0.05) is 26.8 Å². The molecule has 4 heterocycles. The van der Waals surface area contributed by atoms with Crippen molar-refractivity contribution in [3.05, 3.63) is 48.6 Å². The van der Waals surface area contributed by atoms with Crippen LogP contribution in [-0.2, 0) is 17.6 Å². The molecular weight excluding hydrogens is 629 g/mol. The second-order valence-corrected chi connectivity index (χ2v) is 14.0. The lowest BCUT2D eigenvalue weighted by atomic mass is 9.72. The summed E-state index contributed by atoms with van der Waals surface area (Å²) in [5.41, 5.74) is 1.09. The highest BCUT2D eigenvalue weighted by atomic mass is 79.9. The molecule has 7 nitrogen and oxygen atoms in total. The van der Waals surface area contributed by atoms with Gasteiger partial charge in [0, 0.05) is 16.2 Å². The minimum absolute atomic E-state index is 0.0819. The smallest absolute Gasteiger partial charge is 0.410 e. The monoisotopic (exact) mass is 658 g/mol. The van der Waals surface area contributed by atoms with Crippen molar-refractivity contribution in [3.8, 4) is 0 Å². The van der Waals surface area contributed by atoms with E-state index in [1.807, 2.05) is 5.38 Å². The van der Waals surface area contributed by atoms with Gasteiger partial charge in [-0.2, -0.15) is 18.3 Å². The highest BCUT2D eigenvalue weighted by molar-refractivity contribution is 9.10. The number of carbonyl (C=O) groups excluding carboxylic acids is 2. The zero-order chi connectivity index (χ0) is 29.0. The molecule has 0 saturated heterocycles. The van der Waals surface area contributed by atoms with Crippen LogP contribution in [0.3, 0.4) is 0 Å². The second kappa shape index (κ2) is 10.8. The first kappa shape index (κ1) is 29.1. The molecule has 0 fully saturated rings. The van der Waals surface area contributed by atoms with Crippen LogP contribution in [0.2, 0.25) is 0 Å². The first-order valence-corrected chi connectivity index (χ1v) is 15.6. The average Bonchev–Trinajstić information content (AvgIpc) is 3.60. The summed E-state index contributed by atoms with van der Waals surface area (Å²) < 4.78 is 48.7. The number of ether oxygens (including phenoxy) is 1. The Morgan fingerprint density at radius 1 is 1.30 bits per heavy atom. The molecule has 216 valence electrons. The number of thiophene rings is 2. The first-order chi connectivity index (χ1) is 18.8. The number of fused-ring (bicyclic) bond motifs is 2. The largest absolute Gasteiger partial charge is 0.462 e. The highest BCUT2D eigenvalue weighted by Gasteiger charge is 2.48. The van der Waals surface area contributed by atoms with Crippen molar-refractivity contribution >= 4 is 61.3 Å². The van der Waals surface area contributed by atoms with Gasteiger partial charge in [0.2, 0.25) is 0 Å². The Morgan fingerprint density at radius 3 is 2.67 bits per heavy atom. The van der Waals surface area contributed by atoms with E-state index < -0.39 is 30.1 Å². The molecule has 1 amide bonds. The maximum atomic E-state index is 14.1. The summed E-state index contributed by atoms with van der Waals surface area (Å²) >= 11 is 6.03. The molecule has 3 aromatic heterocycles. The first-order valence-electron chi connectivity index (χ1n) is 13.1. The molecule has 40 heavy (non-hydrogen) atoms. The van der Waals surface area contributed by atoms with Gasteiger partial charge in [0.05, 0.1) is 22.7 Å². The van der Waals surface area contributed by atoms with Crippen LogP contribution in [0.5, 0.6) is 0 Å². The Balaban J connectivity index is 1.49. The Morgan fingerprint density at radius 2 is 2.05 bits per heavy atom. The molecule has 5 rings (SSSR count). The van der Waals surface area contributed by atoms with Crippen LogP contribution >= 0.6 is 38.6 Å². The third-order valence-electron chi connectivity index (χ3n) is 7.59. The summed E-state index contributed by atoms with van der Waals surface area (Å²) in [5, 5.41) is 12.2. The lowest BCUT2D eigenvalue weighted by molar-refractivity contribution is -0.173. The normalized spacial score (nSPS) is 20.9. The van der Waals surface area contributed by atoms with Gasteiger partial charge in [-0.15, -0.1) is 22.7 Å². The number of anilines is 2. The van der Waals surface area contributed by atoms with E-state index in [9.17, 15) is 22.8 Å². The van der Waals surface area contributed by atoms with Crippen LogP contribution < -0.4 is 10.6 Å². The van der Waals surface area contributed by atoms with Crippen LogP contribution in [0.1, 0.15) is 88.8 Å². The molecule has 0 radical (unpaired) electrons. The van der Waals surface area contributed by atoms with Crippen LogP contribution in [0, 0.1) is 11.3 Å². The van der Waals surface area contributed by atoms with Gasteiger partial charge < -0.3 is 15.4 Å². The molecular formula is C27H30BrF3N4O3S2. The molecule has 0 aromatic carbocycles. The Hall–Kier alpha value is -2.38. The zero-order valence-corrected chi connectivity index (χ0v) is 25.7. The van der Waals surface area contributed by atoms with Crippen molar-refractivity contribution in [1.29, 1.82) is 0 Å². The summed E-state index contributed by atoms with van der Waals surface area (Å²) in [5.74, 6) is -0.736. The molecule has 2 N–H and O–H groups in total. The van der Waals surface area contributed by atoms with E-state index in [0.29, 0.717) is 22.9 Å². The number of carbonyl (C=O) groups is 2. The van der Waals surface area contributed by atoms with Gasteiger partial charge in [-0.3, -0.25) is 4.79 Å². The zero-order valence-electron chi connectivity index (χ0n) is 22.4. The summed E-state index contributed by atoms with van der Waals surface area (Å²) in [6.07, 6.45) is -2.47. The Kier molecular flexibility index (Phi) is 7.86. The van der Waals surface area contributed by atoms with Gasteiger partial charge in [0.1, 0.15) is 10.8 Å². The van der Waals surface area contributed by atoms with Gasteiger partial charge in [0.25, 0.3) is 5.91 Å².